The molecule has 3 rings (SSSR count). The Bertz CT molecular complexity index is 1060. The minimum Gasteiger partial charge on any atom is -0.495 e. The lowest BCUT2D eigenvalue weighted by atomic mass is 10.1. The predicted molar refractivity (Wildman–Crippen MR) is 114 cm³/mol. The maximum Gasteiger partial charge on any atom is 0.257 e. The zero-order chi connectivity index (χ0) is 21.0. The number of rotatable bonds is 5. The van der Waals surface area contributed by atoms with Crippen LogP contribution in [-0.2, 0) is 0 Å². The van der Waals surface area contributed by atoms with Gasteiger partial charge in [-0.3, -0.25) is 14.6 Å². The minimum absolute atomic E-state index is 0.280. The van der Waals surface area contributed by atoms with E-state index in [9.17, 15) is 9.59 Å². The molecule has 1 heterocycles. The number of hydrogen-bond acceptors (Lipinski definition) is 4. The summed E-state index contributed by atoms with van der Waals surface area (Å²) in [5, 5.41) is 5.72. The summed E-state index contributed by atoms with van der Waals surface area (Å²) in [7, 11) is 1.54. The van der Waals surface area contributed by atoms with E-state index in [1.165, 1.54) is 18.5 Å². The number of hydrogen-bond donors (Lipinski definition) is 2. The van der Waals surface area contributed by atoms with Crippen molar-refractivity contribution >= 4 is 23.2 Å². The van der Waals surface area contributed by atoms with Crippen LogP contribution in [-0.4, -0.2) is 23.9 Å². The number of para-hydroxylation sites is 1. The van der Waals surface area contributed by atoms with E-state index in [2.05, 4.69) is 15.6 Å². The second-order valence-corrected chi connectivity index (χ2v) is 6.84. The van der Waals surface area contributed by atoms with Crippen molar-refractivity contribution in [3.05, 3.63) is 82.7 Å². The van der Waals surface area contributed by atoms with Gasteiger partial charge in [0, 0.05) is 18.1 Å². The third-order valence-electron chi connectivity index (χ3n) is 4.59. The van der Waals surface area contributed by atoms with E-state index in [-0.39, 0.29) is 17.4 Å². The summed E-state index contributed by atoms with van der Waals surface area (Å²) in [6.45, 7) is 5.79. The highest BCUT2D eigenvalue weighted by Crippen LogP contribution is 2.26. The Kier molecular flexibility index (Phi) is 5.93. The van der Waals surface area contributed by atoms with Gasteiger partial charge in [-0.1, -0.05) is 24.3 Å². The molecule has 2 N–H and O–H groups in total. The molecule has 0 fully saturated rings. The Morgan fingerprint density at radius 2 is 1.48 bits per heavy atom. The summed E-state index contributed by atoms with van der Waals surface area (Å²) in [6, 6.07) is 12.8. The van der Waals surface area contributed by atoms with Crippen LogP contribution in [0.2, 0.25) is 0 Å². The van der Waals surface area contributed by atoms with E-state index in [1.54, 1.807) is 13.2 Å². The standard InChI is InChI=1S/C23H23N3O3/c1-14-8-9-20(29-4)19(10-14)25-22(27)17-11-18(13-24-12-17)23(28)26-21-15(2)6-5-7-16(21)3/h5-13H,1-4H3,(H,25,27)(H,26,28). The molecule has 2 amide bonds. The molecule has 0 unspecified atom stereocenters. The van der Waals surface area contributed by atoms with Gasteiger partial charge in [-0.15, -0.1) is 0 Å². The molecule has 0 atom stereocenters. The molecule has 1 aromatic heterocycles. The van der Waals surface area contributed by atoms with Gasteiger partial charge in [-0.25, -0.2) is 0 Å². The number of anilines is 2. The van der Waals surface area contributed by atoms with E-state index in [0.717, 1.165) is 22.4 Å². The number of nitrogens with one attached hydrogen (secondary N) is 2. The fourth-order valence-electron chi connectivity index (χ4n) is 3.00. The summed E-state index contributed by atoms with van der Waals surface area (Å²) in [5.74, 6) is -0.137. The molecule has 0 aliphatic rings. The number of carbonyl (C=O) groups is 2. The Morgan fingerprint density at radius 3 is 2.10 bits per heavy atom. The van der Waals surface area contributed by atoms with E-state index in [0.29, 0.717) is 17.0 Å². The van der Waals surface area contributed by atoms with Crippen molar-refractivity contribution in [1.82, 2.24) is 4.98 Å². The lowest BCUT2D eigenvalue weighted by Gasteiger charge is -2.13. The molecule has 0 aliphatic carbocycles. The van der Waals surface area contributed by atoms with Gasteiger partial charge in [0.15, 0.2) is 0 Å². The van der Waals surface area contributed by atoms with Crippen LogP contribution in [0, 0.1) is 20.8 Å². The summed E-state index contributed by atoms with van der Waals surface area (Å²) in [5.41, 5.74) is 4.82. The second-order valence-electron chi connectivity index (χ2n) is 6.84. The molecule has 6 nitrogen and oxygen atoms in total. The monoisotopic (exact) mass is 389 g/mol. The van der Waals surface area contributed by atoms with Crippen molar-refractivity contribution in [2.24, 2.45) is 0 Å². The van der Waals surface area contributed by atoms with Crippen molar-refractivity contribution < 1.29 is 14.3 Å². The largest absolute Gasteiger partial charge is 0.495 e. The number of aromatic nitrogens is 1. The molecule has 6 heteroatoms. The topological polar surface area (TPSA) is 80.3 Å². The average molecular weight is 389 g/mol. The van der Waals surface area contributed by atoms with Crippen molar-refractivity contribution in [1.29, 1.82) is 0 Å². The van der Waals surface area contributed by atoms with E-state index in [4.69, 9.17) is 4.74 Å². The molecule has 0 spiro atoms. The number of aryl methyl sites for hydroxylation is 3. The Hall–Kier alpha value is -3.67. The fraction of sp³-hybridized carbons (Fsp3) is 0.174. The number of ether oxygens (including phenoxy) is 1. The SMILES string of the molecule is COc1ccc(C)cc1NC(=O)c1cncc(C(=O)Nc2c(C)cccc2C)c1. The Morgan fingerprint density at radius 1 is 0.862 bits per heavy atom. The van der Waals surface area contributed by atoms with E-state index < -0.39 is 0 Å². The van der Waals surface area contributed by atoms with Gasteiger partial charge in [0.05, 0.1) is 23.9 Å². The first-order valence-electron chi connectivity index (χ1n) is 9.17. The first-order chi connectivity index (χ1) is 13.9. The second kappa shape index (κ2) is 8.56. The molecular formula is C23H23N3O3. The predicted octanol–water partition coefficient (Wildman–Crippen LogP) is 4.52. The fourth-order valence-corrected chi connectivity index (χ4v) is 3.00. The first kappa shape index (κ1) is 20.1. The van der Waals surface area contributed by atoms with Crippen molar-refractivity contribution in [3.63, 3.8) is 0 Å². The molecule has 148 valence electrons. The normalized spacial score (nSPS) is 10.3. The molecule has 0 saturated carbocycles. The van der Waals surface area contributed by atoms with Crippen molar-refractivity contribution in [2.75, 3.05) is 17.7 Å². The number of pyridine rings is 1. The molecular weight excluding hydrogens is 366 g/mol. The maximum atomic E-state index is 12.7. The van der Waals surface area contributed by atoms with Gasteiger partial charge >= 0.3 is 0 Å². The van der Waals surface area contributed by atoms with Gasteiger partial charge in [-0.2, -0.15) is 0 Å². The first-order valence-corrected chi connectivity index (χ1v) is 9.17. The maximum absolute atomic E-state index is 12.7. The third-order valence-corrected chi connectivity index (χ3v) is 4.59. The van der Waals surface area contributed by atoms with Gasteiger partial charge in [-0.05, 0) is 55.7 Å². The summed E-state index contributed by atoms with van der Waals surface area (Å²) in [4.78, 5) is 29.5. The number of nitrogens with zero attached hydrogens (tertiary/aromatic N) is 1. The van der Waals surface area contributed by atoms with Crippen LogP contribution in [0.5, 0.6) is 5.75 Å². The third kappa shape index (κ3) is 4.60. The van der Waals surface area contributed by atoms with Crippen molar-refractivity contribution in [3.8, 4) is 5.75 Å². The van der Waals surface area contributed by atoms with Gasteiger partial charge in [0.1, 0.15) is 5.75 Å². The van der Waals surface area contributed by atoms with E-state index >= 15 is 0 Å². The quantitative estimate of drug-likeness (QED) is 0.672. The van der Waals surface area contributed by atoms with Crippen LogP contribution in [0.25, 0.3) is 0 Å². The van der Waals surface area contributed by atoms with Crippen LogP contribution < -0.4 is 15.4 Å². The molecule has 0 bridgehead atoms. The highest BCUT2D eigenvalue weighted by molar-refractivity contribution is 6.09. The number of carbonyl (C=O) groups excluding carboxylic acids is 2. The summed E-state index contributed by atoms with van der Waals surface area (Å²) in [6.07, 6.45) is 2.86. The lowest BCUT2D eigenvalue weighted by molar-refractivity contribution is 0.102. The number of benzene rings is 2. The van der Waals surface area contributed by atoms with Crippen molar-refractivity contribution in [2.45, 2.75) is 20.8 Å². The summed E-state index contributed by atoms with van der Waals surface area (Å²) >= 11 is 0. The zero-order valence-corrected chi connectivity index (χ0v) is 16.9. The molecule has 0 radical (unpaired) electrons. The average Bonchev–Trinajstić information content (AvgIpc) is 2.71. The molecule has 0 saturated heterocycles. The number of methoxy groups -OCH3 is 1. The highest BCUT2D eigenvalue weighted by atomic mass is 16.5. The Balaban J connectivity index is 1.81. The van der Waals surface area contributed by atoms with Crippen LogP contribution in [0.4, 0.5) is 11.4 Å². The van der Waals surface area contributed by atoms with Crippen LogP contribution >= 0.6 is 0 Å². The van der Waals surface area contributed by atoms with E-state index in [1.807, 2.05) is 51.1 Å². The molecule has 0 aliphatic heterocycles. The van der Waals surface area contributed by atoms with Gasteiger partial charge in [0.25, 0.3) is 11.8 Å². The molecule has 29 heavy (non-hydrogen) atoms. The molecule has 3 aromatic rings. The lowest BCUT2D eigenvalue weighted by Crippen LogP contribution is -2.17. The van der Waals surface area contributed by atoms with Crippen LogP contribution in [0.15, 0.2) is 54.9 Å². The Labute approximate surface area is 169 Å². The minimum atomic E-state index is -0.372. The van der Waals surface area contributed by atoms with Gasteiger partial charge in [0.2, 0.25) is 0 Å². The van der Waals surface area contributed by atoms with Gasteiger partial charge < -0.3 is 15.4 Å². The summed E-state index contributed by atoms with van der Waals surface area (Å²) < 4.78 is 5.29. The van der Waals surface area contributed by atoms with Crippen LogP contribution in [0.1, 0.15) is 37.4 Å². The van der Waals surface area contributed by atoms with Crippen LogP contribution in [0.3, 0.4) is 0 Å². The zero-order valence-electron chi connectivity index (χ0n) is 16.9. The number of amides is 2. The molecule has 2 aromatic carbocycles. The smallest absolute Gasteiger partial charge is 0.257 e. The highest BCUT2D eigenvalue weighted by Gasteiger charge is 2.15.